The van der Waals surface area contributed by atoms with Gasteiger partial charge in [-0.15, -0.1) is 0 Å². The SMILES string of the molecule is Cc1cccc(C)c1NC(=O)N=C(N)N(C)CCOCCc1ccccc1. The van der Waals surface area contributed by atoms with Crippen LogP contribution in [0.15, 0.2) is 53.5 Å². The van der Waals surface area contributed by atoms with E-state index in [1.54, 1.807) is 11.9 Å². The Bertz CT molecular complexity index is 755. The minimum absolute atomic E-state index is 0.158. The van der Waals surface area contributed by atoms with Crippen molar-refractivity contribution >= 4 is 17.7 Å². The van der Waals surface area contributed by atoms with E-state index in [1.807, 2.05) is 50.2 Å². The average molecular weight is 368 g/mol. The van der Waals surface area contributed by atoms with E-state index in [9.17, 15) is 4.79 Å². The number of nitrogens with one attached hydrogen (secondary N) is 1. The number of anilines is 1. The van der Waals surface area contributed by atoms with Gasteiger partial charge in [-0.1, -0.05) is 48.5 Å². The Hall–Kier alpha value is -2.86. The third kappa shape index (κ3) is 6.75. The van der Waals surface area contributed by atoms with Crippen LogP contribution in [0.3, 0.4) is 0 Å². The molecule has 0 spiro atoms. The summed E-state index contributed by atoms with van der Waals surface area (Å²) in [6.45, 7) is 5.59. The fraction of sp³-hybridized carbons (Fsp3) is 0.333. The highest BCUT2D eigenvalue weighted by Gasteiger charge is 2.09. The molecule has 0 heterocycles. The zero-order chi connectivity index (χ0) is 19.6. The quantitative estimate of drug-likeness (QED) is 0.446. The first-order valence-electron chi connectivity index (χ1n) is 9.01. The Balaban J connectivity index is 1.75. The topological polar surface area (TPSA) is 80.0 Å². The number of para-hydroxylation sites is 1. The lowest BCUT2D eigenvalue weighted by Crippen LogP contribution is -2.37. The molecule has 144 valence electrons. The van der Waals surface area contributed by atoms with E-state index in [-0.39, 0.29) is 5.96 Å². The van der Waals surface area contributed by atoms with E-state index in [1.165, 1.54) is 5.56 Å². The number of nitrogens with two attached hydrogens (primary N) is 1. The number of hydrogen-bond acceptors (Lipinski definition) is 2. The molecule has 0 unspecified atom stereocenters. The number of carbonyl (C=O) groups excluding carboxylic acids is 1. The first-order valence-corrected chi connectivity index (χ1v) is 9.01. The van der Waals surface area contributed by atoms with Crippen molar-refractivity contribution in [1.82, 2.24) is 4.90 Å². The molecule has 27 heavy (non-hydrogen) atoms. The van der Waals surface area contributed by atoms with Gasteiger partial charge >= 0.3 is 6.03 Å². The molecule has 6 nitrogen and oxygen atoms in total. The highest BCUT2D eigenvalue weighted by atomic mass is 16.5. The van der Waals surface area contributed by atoms with Crippen LogP contribution in [0, 0.1) is 13.8 Å². The van der Waals surface area contributed by atoms with Crippen LogP contribution in [0.1, 0.15) is 16.7 Å². The van der Waals surface area contributed by atoms with Crippen LogP contribution < -0.4 is 11.1 Å². The molecule has 0 radical (unpaired) electrons. The van der Waals surface area contributed by atoms with Gasteiger partial charge in [-0.05, 0) is 37.0 Å². The summed E-state index contributed by atoms with van der Waals surface area (Å²) in [7, 11) is 1.78. The summed E-state index contributed by atoms with van der Waals surface area (Å²) in [6.07, 6.45) is 0.867. The van der Waals surface area contributed by atoms with Crippen LogP contribution in [-0.2, 0) is 11.2 Å². The molecule has 0 fully saturated rings. The van der Waals surface area contributed by atoms with E-state index < -0.39 is 6.03 Å². The number of guanidine groups is 1. The average Bonchev–Trinajstić information content (AvgIpc) is 2.65. The third-order valence-corrected chi connectivity index (χ3v) is 4.27. The summed E-state index contributed by atoms with van der Waals surface area (Å²) in [6, 6.07) is 15.5. The second-order valence-corrected chi connectivity index (χ2v) is 6.44. The molecule has 0 bridgehead atoms. The molecular weight excluding hydrogens is 340 g/mol. The van der Waals surface area contributed by atoms with Crippen LogP contribution in [0.4, 0.5) is 10.5 Å². The number of urea groups is 1. The molecule has 0 aliphatic heterocycles. The van der Waals surface area contributed by atoms with E-state index in [0.717, 1.165) is 23.2 Å². The number of benzene rings is 2. The van der Waals surface area contributed by atoms with Crippen LogP contribution in [0.25, 0.3) is 0 Å². The molecule has 2 aromatic carbocycles. The first kappa shape index (κ1) is 20.5. The summed E-state index contributed by atoms with van der Waals surface area (Å²) < 4.78 is 5.64. The Morgan fingerprint density at radius 3 is 2.41 bits per heavy atom. The molecule has 6 heteroatoms. The van der Waals surface area contributed by atoms with Crippen molar-refractivity contribution in [2.24, 2.45) is 10.7 Å². The largest absolute Gasteiger partial charge is 0.379 e. The summed E-state index contributed by atoms with van der Waals surface area (Å²) in [4.78, 5) is 17.7. The normalized spacial score (nSPS) is 11.3. The Labute approximate surface area is 161 Å². The van der Waals surface area contributed by atoms with Gasteiger partial charge < -0.3 is 20.7 Å². The van der Waals surface area contributed by atoms with Crippen LogP contribution in [-0.4, -0.2) is 43.7 Å². The second kappa shape index (κ2) is 10.3. The number of nitrogens with zero attached hydrogens (tertiary/aromatic N) is 2. The van der Waals surface area contributed by atoms with Gasteiger partial charge in [0.05, 0.1) is 13.2 Å². The summed E-state index contributed by atoms with van der Waals surface area (Å²) in [5.74, 6) is 0.158. The van der Waals surface area contributed by atoms with Gasteiger partial charge in [-0.2, -0.15) is 4.99 Å². The van der Waals surface area contributed by atoms with Crippen LogP contribution in [0.2, 0.25) is 0 Å². The highest BCUT2D eigenvalue weighted by Crippen LogP contribution is 2.19. The molecule has 0 aromatic heterocycles. The summed E-state index contributed by atoms with van der Waals surface area (Å²) >= 11 is 0. The zero-order valence-corrected chi connectivity index (χ0v) is 16.2. The predicted octanol–water partition coefficient (Wildman–Crippen LogP) is 3.34. The number of hydrogen-bond donors (Lipinski definition) is 2. The van der Waals surface area contributed by atoms with Crippen LogP contribution in [0.5, 0.6) is 0 Å². The monoisotopic (exact) mass is 368 g/mol. The lowest BCUT2D eigenvalue weighted by molar-refractivity contribution is 0.127. The van der Waals surface area contributed by atoms with Crippen molar-refractivity contribution < 1.29 is 9.53 Å². The number of aliphatic imine (C=N–C) groups is 1. The van der Waals surface area contributed by atoms with Crippen molar-refractivity contribution in [1.29, 1.82) is 0 Å². The molecule has 2 amide bonds. The second-order valence-electron chi connectivity index (χ2n) is 6.44. The van der Waals surface area contributed by atoms with E-state index in [0.29, 0.717) is 19.8 Å². The Morgan fingerprint density at radius 1 is 1.07 bits per heavy atom. The zero-order valence-electron chi connectivity index (χ0n) is 16.2. The van der Waals surface area contributed by atoms with Gasteiger partial charge in [0, 0.05) is 19.3 Å². The fourth-order valence-corrected chi connectivity index (χ4v) is 2.59. The lowest BCUT2D eigenvalue weighted by atomic mass is 10.1. The molecule has 0 saturated heterocycles. The molecule has 0 saturated carbocycles. The van der Waals surface area contributed by atoms with Gasteiger partial charge in [0.2, 0.25) is 5.96 Å². The van der Waals surface area contributed by atoms with Crippen molar-refractivity contribution in [3.8, 4) is 0 Å². The van der Waals surface area contributed by atoms with Crippen LogP contribution >= 0.6 is 0 Å². The number of ether oxygens (including phenoxy) is 1. The number of carbonyl (C=O) groups is 1. The molecule has 2 aromatic rings. The maximum atomic E-state index is 12.1. The lowest BCUT2D eigenvalue weighted by Gasteiger charge is -2.18. The fourth-order valence-electron chi connectivity index (χ4n) is 2.59. The molecule has 2 rings (SSSR count). The van der Waals surface area contributed by atoms with Gasteiger partial charge in [0.15, 0.2) is 0 Å². The third-order valence-electron chi connectivity index (χ3n) is 4.27. The molecule has 0 aliphatic rings. The van der Waals surface area contributed by atoms with Gasteiger partial charge in [-0.3, -0.25) is 0 Å². The first-order chi connectivity index (χ1) is 13.0. The maximum absolute atomic E-state index is 12.1. The minimum atomic E-state index is -0.484. The summed E-state index contributed by atoms with van der Waals surface area (Å²) in [5.41, 5.74) is 9.90. The van der Waals surface area contributed by atoms with Crippen molar-refractivity contribution in [3.05, 3.63) is 65.2 Å². The van der Waals surface area contributed by atoms with Gasteiger partial charge in [0.1, 0.15) is 0 Å². The smallest absolute Gasteiger partial charge is 0.348 e. The molecule has 3 N–H and O–H groups in total. The molecule has 0 atom stereocenters. The number of amides is 2. The Kier molecular flexibility index (Phi) is 7.82. The summed E-state index contributed by atoms with van der Waals surface area (Å²) in [5, 5.41) is 2.79. The van der Waals surface area contributed by atoms with Gasteiger partial charge in [-0.25, -0.2) is 4.79 Å². The van der Waals surface area contributed by atoms with Crippen molar-refractivity contribution in [2.45, 2.75) is 20.3 Å². The predicted molar refractivity (Wildman–Crippen MR) is 110 cm³/mol. The Morgan fingerprint density at radius 2 is 1.74 bits per heavy atom. The molecular formula is C21H28N4O2. The van der Waals surface area contributed by atoms with E-state index in [2.05, 4.69) is 22.4 Å². The van der Waals surface area contributed by atoms with Crippen molar-refractivity contribution in [3.63, 3.8) is 0 Å². The van der Waals surface area contributed by atoms with Gasteiger partial charge in [0.25, 0.3) is 0 Å². The highest BCUT2D eigenvalue weighted by molar-refractivity contribution is 5.99. The minimum Gasteiger partial charge on any atom is -0.379 e. The standard InChI is InChI=1S/C21H28N4O2/c1-16-8-7-9-17(2)19(16)23-21(26)24-20(22)25(3)13-15-27-14-12-18-10-5-4-6-11-18/h4-11H,12-15H2,1-3H3,(H3,22,23,24,26). The van der Waals surface area contributed by atoms with E-state index >= 15 is 0 Å². The number of aryl methyl sites for hydroxylation is 2. The van der Waals surface area contributed by atoms with Crippen molar-refractivity contribution in [2.75, 3.05) is 32.1 Å². The maximum Gasteiger partial charge on any atom is 0.348 e. The number of likely N-dealkylation sites (N-methyl/N-ethyl adjacent to an activating group) is 1. The molecule has 0 aliphatic carbocycles. The van der Waals surface area contributed by atoms with E-state index in [4.69, 9.17) is 10.5 Å². The number of rotatable bonds is 7.